The molecule has 10 heteroatoms. The molecule has 0 saturated heterocycles. The Balaban J connectivity index is 1.53. The van der Waals surface area contributed by atoms with Crippen molar-refractivity contribution in [1.82, 2.24) is 10.7 Å². The molecule has 0 radical (unpaired) electrons. The first-order valence-corrected chi connectivity index (χ1v) is 10.2. The van der Waals surface area contributed by atoms with Crippen LogP contribution in [-0.4, -0.2) is 44.6 Å². The molecule has 0 bridgehead atoms. The van der Waals surface area contributed by atoms with Crippen molar-refractivity contribution in [3.05, 3.63) is 45.9 Å². The number of ether oxygens (including phenoxy) is 4. The van der Waals surface area contributed by atoms with Gasteiger partial charge in [0.15, 0.2) is 23.0 Å². The number of carbonyl (C=O) groups is 2. The van der Waals surface area contributed by atoms with Gasteiger partial charge in [-0.25, -0.2) is 5.43 Å². The first-order valence-electron chi connectivity index (χ1n) is 9.41. The second-order valence-electron chi connectivity index (χ2n) is 6.74. The normalized spacial score (nSPS) is 12.2. The number of hydrogen-bond acceptors (Lipinski definition) is 7. The maximum absolute atomic E-state index is 12.2. The number of hydrazone groups is 1. The van der Waals surface area contributed by atoms with Crippen LogP contribution in [-0.2, 0) is 4.79 Å². The SMILES string of the molecule is COc1cc(/C=N/NC(=O)CNC(=O)c2ccc3c(c2)OCO3)cc(Br)c1OC(C)C. The molecule has 2 amide bonds. The minimum Gasteiger partial charge on any atom is -0.493 e. The number of amides is 2. The molecular weight excluding hydrogens is 470 g/mol. The number of carbonyl (C=O) groups excluding carboxylic acids is 2. The van der Waals surface area contributed by atoms with Gasteiger partial charge < -0.3 is 24.3 Å². The number of benzene rings is 2. The third kappa shape index (κ3) is 5.88. The molecule has 0 atom stereocenters. The Hall–Kier alpha value is -3.27. The Morgan fingerprint density at radius 3 is 2.74 bits per heavy atom. The Morgan fingerprint density at radius 2 is 2.00 bits per heavy atom. The van der Waals surface area contributed by atoms with Gasteiger partial charge >= 0.3 is 0 Å². The number of rotatable bonds is 8. The van der Waals surface area contributed by atoms with E-state index in [-0.39, 0.29) is 19.4 Å². The minimum absolute atomic E-state index is 0.0168. The van der Waals surface area contributed by atoms with E-state index in [1.54, 1.807) is 37.4 Å². The Morgan fingerprint density at radius 1 is 1.23 bits per heavy atom. The van der Waals surface area contributed by atoms with Crippen LogP contribution in [0.1, 0.15) is 29.8 Å². The summed E-state index contributed by atoms with van der Waals surface area (Å²) in [7, 11) is 1.54. The molecule has 0 aromatic heterocycles. The first-order chi connectivity index (χ1) is 14.9. The van der Waals surface area contributed by atoms with Crippen molar-refractivity contribution in [1.29, 1.82) is 0 Å². The zero-order valence-electron chi connectivity index (χ0n) is 17.2. The highest BCUT2D eigenvalue weighted by molar-refractivity contribution is 9.10. The fourth-order valence-corrected chi connectivity index (χ4v) is 3.24. The van der Waals surface area contributed by atoms with Crippen LogP contribution in [0.2, 0.25) is 0 Å². The van der Waals surface area contributed by atoms with E-state index in [4.69, 9.17) is 18.9 Å². The van der Waals surface area contributed by atoms with Gasteiger partial charge in [0.25, 0.3) is 11.8 Å². The van der Waals surface area contributed by atoms with E-state index in [1.807, 2.05) is 13.8 Å². The smallest absolute Gasteiger partial charge is 0.259 e. The lowest BCUT2D eigenvalue weighted by atomic mass is 10.2. The molecule has 1 aliphatic rings. The molecule has 9 nitrogen and oxygen atoms in total. The molecule has 0 fully saturated rings. The van der Waals surface area contributed by atoms with Crippen LogP contribution in [0.15, 0.2) is 39.9 Å². The number of methoxy groups -OCH3 is 1. The molecule has 0 unspecified atom stereocenters. The summed E-state index contributed by atoms with van der Waals surface area (Å²) in [6.45, 7) is 3.72. The van der Waals surface area contributed by atoms with E-state index < -0.39 is 11.8 Å². The molecular formula is C21H22BrN3O6. The number of nitrogens with one attached hydrogen (secondary N) is 2. The molecule has 0 saturated carbocycles. The van der Waals surface area contributed by atoms with E-state index in [2.05, 4.69) is 31.8 Å². The lowest BCUT2D eigenvalue weighted by molar-refractivity contribution is -0.120. The maximum Gasteiger partial charge on any atom is 0.259 e. The summed E-state index contributed by atoms with van der Waals surface area (Å²) in [6.07, 6.45) is 1.45. The second-order valence-corrected chi connectivity index (χ2v) is 7.60. The summed E-state index contributed by atoms with van der Waals surface area (Å²) in [5.41, 5.74) is 3.41. The average Bonchev–Trinajstić information content (AvgIpc) is 3.21. The quantitative estimate of drug-likeness (QED) is 0.434. The van der Waals surface area contributed by atoms with Crippen LogP contribution >= 0.6 is 15.9 Å². The monoisotopic (exact) mass is 491 g/mol. The van der Waals surface area contributed by atoms with E-state index in [0.717, 1.165) is 0 Å². The Kier molecular flexibility index (Phi) is 7.35. The van der Waals surface area contributed by atoms with Gasteiger partial charge in [0.2, 0.25) is 6.79 Å². The lowest BCUT2D eigenvalue weighted by Gasteiger charge is -2.15. The van der Waals surface area contributed by atoms with E-state index >= 15 is 0 Å². The van der Waals surface area contributed by atoms with E-state index in [9.17, 15) is 9.59 Å². The molecule has 0 aliphatic carbocycles. The highest BCUT2D eigenvalue weighted by Gasteiger charge is 2.16. The average molecular weight is 492 g/mol. The fraction of sp³-hybridized carbons (Fsp3) is 0.286. The molecule has 1 heterocycles. The summed E-state index contributed by atoms with van der Waals surface area (Å²) in [5.74, 6) is 1.31. The minimum atomic E-state index is -0.476. The van der Waals surface area contributed by atoms with Crippen molar-refractivity contribution in [3.8, 4) is 23.0 Å². The Labute approximate surface area is 187 Å². The zero-order chi connectivity index (χ0) is 22.4. The molecule has 1 aliphatic heterocycles. The standard InChI is InChI=1S/C21H22BrN3O6/c1-12(2)31-20-15(22)6-13(7-18(20)28-3)9-24-25-19(26)10-23-21(27)14-4-5-16-17(8-14)30-11-29-16/h4-9,12H,10-11H2,1-3H3,(H,23,27)(H,25,26)/b24-9+. The molecule has 31 heavy (non-hydrogen) atoms. The van der Waals surface area contributed by atoms with Crippen LogP contribution in [0.25, 0.3) is 0 Å². The van der Waals surface area contributed by atoms with Crippen molar-refractivity contribution >= 4 is 34.0 Å². The number of hydrogen-bond donors (Lipinski definition) is 2. The van der Waals surface area contributed by atoms with Gasteiger partial charge in [0.1, 0.15) is 0 Å². The topological polar surface area (TPSA) is 107 Å². The van der Waals surface area contributed by atoms with Gasteiger partial charge in [-0.05, 0) is 65.7 Å². The van der Waals surface area contributed by atoms with Crippen molar-refractivity contribution < 1.29 is 28.5 Å². The molecule has 3 rings (SSSR count). The van der Waals surface area contributed by atoms with Crippen LogP contribution in [0.3, 0.4) is 0 Å². The number of halogens is 1. The van der Waals surface area contributed by atoms with Gasteiger partial charge in [-0.2, -0.15) is 5.10 Å². The molecule has 164 valence electrons. The summed E-state index contributed by atoms with van der Waals surface area (Å²) in [5, 5.41) is 6.44. The second kappa shape index (κ2) is 10.2. The van der Waals surface area contributed by atoms with Crippen molar-refractivity contribution in [2.45, 2.75) is 20.0 Å². The highest BCUT2D eigenvalue weighted by Crippen LogP contribution is 2.37. The number of nitrogens with zero attached hydrogens (tertiary/aromatic N) is 1. The third-order valence-corrected chi connectivity index (χ3v) is 4.64. The van der Waals surface area contributed by atoms with E-state index in [1.165, 1.54) is 6.21 Å². The zero-order valence-corrected chi connectivity index (χ0v) is 18.8. The van der Waals surface area contributed by atoms with Gasteiger partial charge in [-0.3, -0.25) is 9.59 Å². The van der Waals surface area contributed by atoms with Crippen molar-refractivity contribution in [3.63, 3.8) is 0 Å². The predicted octanol–water partition coefficient (Wildman–Crippen LogP) is 2.85. The largest absolute Gasteiger partial charge is 0.493 e. The highest BCUT2D eigenvalue weighted by atomic mass is 79.9. The summed E-state index contributed by atoms with van der Waals surface area (Å²) in [6, 6.07) is 8.32. The summed E-state index contributed by atoms with van der Waals surface area (Å²) >= 11 is 3.45. The molecule has 2 aromatic carbocycles. The molecule has 2 N–H and O–H groups in total. The van der Waals surface area contributed by atoms with Crippen LogP contribution in [0, 0.1) is 0 Å². The Bertz CT molecular complexity index is 1010. The van der Waals surface area contributed by atoms with Crippen molar-refractivity contribution in [2.75, 3.05) is 20.4 Å². The van der Waals surface area contributed by atoms with Crippen molar-refractivity contribution in [2.24, 2.45) is 5.10 Å². The van der Waals surface area contributed by atoms with Crippen LogP contribution in [0.4, 0.5) is 0 Å². The lowest BCUT2D eigenvalue weighted by Crippen LogP contribution is -2.34. The van der Waals surface area contributed by atoms with Gasteiger partial charge in [-0.1, -0.05) is 0 Å². The maximum atomic E-state index is 12.2. The molecule has 2 aromatic rings. The fourth-order valence-electron chi connectivity index (χ4n) is 2.68. The van der Waals surface area contributed by atoms with Gasteiger partial charge in [0.05, 0.1) is 30.4 Å². The molecule has 0 spiro atoms. The van der Waals surface area contributed by atoms with Crippen LogP contribution in [0.5, 0.6) is 23.0 Å². The van der Waals surface area contributed by atoms with E-state index in [0.29, 0.717) is 38.6 Å². The number of fused-ring (bicyclic) bond motifs is 1. The summed E-state index contributed by atoms with van der Waals surface area (Å²) < 4.78 is 22.2. The first kappa shape index (κ1) is 22.4. The summed E-state index contributed by atoms with van der Waals surface area (Å²) in [4.78, 5) is 24.2. The predicted molar refractivity (Wildman–Crippen MR) is 117 cm³/mol. The van der Waals surface area contributed by atoms with Gasteiger partial charge in [-0.15, -0.1) is 0 Å². The van der Waals surface area contributed by atoms with Gasteiger partial charge in [0, 0.05) is 5.56 Å². The van der Waals surface area contributed by atoms with Crippen LogP contribution < -0.4 is 29.7 Å². The third-order valence-electron chi connectivity index (χ3n) is 4.05.